The predicted octanol–water partition coefficient (Wildman–Crippen LogP) is 1.88. The fourth-order valence-electron chi connectivity index (χ4n) is 1.21. The Morgan fingerprint density at radius 3 is 3.00 bits per heavy atom. The lowest BCUT2D eigenvalue weighted by Gasteiger charge is -2.09. The number of hydrogen-bond donors (Lipinski definition) is 1. The topological polar surface area (TPSA) is 62.1 Å². The smallest absolute Gasteiger partial charge is 0.234 e. The van der Waals surface area contributed by atoms with Gasteiger partial charge < -0.3 is 10.1 Å². The van der Waals surface area contributed by atoms with Crippen LogP contribution in [0.5, 0.6) is 5.75 Å². The molecule has 0 aliphatic rings. The molecule has 0 spiro atoms. The molecule has 84 valence electrons. The molecule has 1 aromatic carbocycles. The molecule has 5 heteroatoms. The van der Waals surface area contributed by atoms with E-state index >= 15 is 0 Å². The summed E-state index contributed by atoms with van der Waals surface area (Å²) in [6, 6.07) is 6.93. The Labute approximate surface area is 98.8 Å². The van der Waals surface area contributed by atoms with Gasteiger partial charge in [-0.2, -0.15) is 5.26 Å². The highest BCUT2D eigenvalue weighted by Gasteiger charge is 2.05. The molecule has 0 atom stereocenters. The fraction of sp³-hybridized carbons (Fsp3) is 0.273. The first kappa shape index (κ1) is 12.3. The summed E-state index contributed by atoms with van der Waals surface area (Å²) in [7, 11) is 1.55. The maximum atomic E-state index is 11.1. The van der Waals surface area contributed by atoms with Gasteiger partial charge >= 0.3 is 0 Å². The third kappa shape index (κ3) is 3.44. The van der Waals surface area contributed by atoms with E-state index in [4.69, 9.17) is 21.6 Å². The lowest BCUT2D eigenvalue weighted by Crippen LogP contribution is -2.22. The molecule has 1 N–H and O–H groups in total. The second-order valence-electron chi connectivity index (χ2n) is 3.07. The van der Waals surface area contributed by atoms with Gasteiger partial charge in [-0.05, 0) is 18.2 Å². The average Bonchev–Trinajstić information content (AvgIpc) is 2.27. The van der Waals surface area contributed by atoms with E-state index in [-0.39, 0.29) is 12.3 Å². The number of carbonyl (C=O) groups is 1. The molecule has 0 saturated heterocycles. The van der Waals surface area contributed by atoms with Crippen LogP contribution in [0.2, 0.25) is 5.02 Å². The van der Waals surface area contributed by atoms with Crippen LogP contribution >= 0.6 is 11.6 Å². The zero-order chi connectivity index (χ0) is 12.0. The largest absolute Gasteiger partial charge is 0.496 e. The van der Waals surface area contributed by atoms with Crippen LogP contribution in [-0.2, 0) is 11.3 Å². The summed E-state index contributed by atoms with van der Waals surface area (Å²) >= 11 is 5.83. The fourth-order valence-corrected chi connectivity index (χ4v) is 1.41. The first-order valence-corrected chi connectivity index (χ1v) is 5.01. The van der Waals surface area contributed by atoms with Gasteiger partial charge in [0, 0.05) is 17.1 Å². The van der Waals surface area contributed by atoms with Crippen molar-refractivity contribution in [1.29, 1.82) is 5.26 Å². The third-order valence-corrected chi connectivity index (χ3v) is 2.19. The van der Waals surface area contributed by atoms with Crippen molar-refractivity contribution in [2.24, 2.45) is 0 Å². The average molecular weight is 239 g/mol. The lowest BCUT2D eigenvalue weighted by molar-refractivity contribution is -0.120. The number of benzene rings is 1. The number of ether oxygens (including phenoxy) is 1. The van der Waals surface area contributed by atoms with E-state index in [1.807, 2.05) is 0 Å². The van der Waals surface area contributed by atoms with Gasteiger partial charge in [-0.15, -0.1) is 0 Å². The Bertz CT molecular complexity index is 426. The van der Waals surface area contributed by atoms with E-state index in [1.165, 1.54) is 0 Å². The Morgan fingerprint density at radius 2 is 2.38 bits per heavy atom. The Balaban J connectivity index is 2.69. The monoisotopic (exact) mass is 238 g/mol. The maximum absolute atomic E-state index is 11.1. The van der Waals surface area contributed by atoms with Crippen molar-refractivity contribution in [3.8, 4) is 11.8 Å². The molecule has 0 fully saturated rings. The van der Waals surface area contributed by atoms with E-state index < -0.39 is 0 Å². The minimum Gasteiger partial charge on any atom is -0.496 e. The molecule has 0 heterocycles. The summed E-state index contributed by atoms with van der Waals surface area (Å²) in [5.74, 6) is 0.339. The molecule has 0 bridgehead atoms. The summed E-state index contributed by atoms with van der Waals surface area (Å²) in [6.07, 6.45) is -0.150. The second-order valence-corrected chi connectivity index (χ2v) is 3.50. The molecule has 1 aromatic rings. The second kappa shape index (κ2) is 5.99. The van der Waals surface area contributed by atoms with Crippen molar-refractivity contribution in [1.82, 2.24) is 5.32 Å². The number of nitriles is 1. The first-order chi connectivity index (χ1) is 7.67. The highest BCUT2D eigenvalue weighted by Crippen LogP contribution is 2.22. The molecule has 1 rings (SSSR count). The van der Waals surface area contributed by atoms with Crippen LogP contribution in [0.25, 0.3) is 0 Å². The number of rotatable bonds is 4. The summed E-state index contributed by atoms with van der Waals surface area (Å²) < 4.78 is 5.12. The standard InChI is InChI=1S/C11H11ClN2O2/c1-16-10-3-2-9(12)6-8(10)7-14-11(15)4-5-13/h2-3,6H,4,7H2,1H3,(H,14,15). The van der Waals surface area contributed by atoms with Gasteiger partial charge in [-0.25, -0.2) is 0 Å². The van der Waals surface area contributed by atoms with Crippen molar-refractivity contribution in [2.45, 2.75) is 13.0 Å². The first-order valence-electron chi connectivity index (χ1n) is 4.63. The summed E-state index contributed by atoms with van der Waals surface area (Å²) in [6.45, 7) is 0.296. The van der Waals surface area contributed by atoms with Gasteiger partial charge in [-0.3, -0.25) is 4.79 Å². The molecule has 4 nitrogen and oxygen atoms in total. The van der Waals surface area contributed by atoms with Gasteiger partial charge in [0.1, 0.15) is 12.2 Å². The van der Waals surface area contributed by atoms with E-state index in [2.05, 4.69) is 5.32 Å². The van der Waals surface area contributed by atoms with Crippen LogP contribution in [-0.4, -0.2) is 13.0 Å². The quantitative estimate of drug-likeness (QED) is 0.871. The van der Waals surface area contributed by atoms with Gasteiger partial charge in [0.25, 0.3) is 0 Å². The van der Waals surface area contributed by atoms with Gasteiger partial charge in [0.2, 0.25) is 5.91 Å². The zero-order valence-corrected chi connectivity index (χ0v) is 9.54. The summed E-state index contributed by atoms with van der Waals surface area (Å²) in [5.41, 5.74) is 0.779. The van der Waals surface area contributed by atoms with Crippen LogP contribution in [0.15, 0.2) is 18.2 Å². The minimum absolute atomic E-state index is 0.150. The van der Waals surface area contributed by atoms with Crippen molar-refractivity contribution in [3.63, 3.8) is 0 Å². The molecule has 0 aromatic heterocycles. The Morgan fingerprint density at radius 1 is 1.62 bits per heavy atom. The minimum atomic E-state index is -0.315. The van der Waals surface area contributed by atoms with Gasteiger partial charge in [-0.1, -0.05) is 11.6 Å². The molecule has 0 unspecified atom stereocenters. The number of hydrogen-bond acceptors (Lipinski definition) is 3. The number of halogens is 1. The van der Waals surface area contributed by atoms with Crippen LogP contribution in [0.1, 0.15) is 12.0 Å². The predicted molar refractivity (Wildman–Crippen MR) is 60.1 cm³/mol. The van der Waals surface area contributed by atoms with Crippen molar-refractivity contribution < 1.29 is 9.53 Å². The van der Waals surface area contributed by atoms with Crippen LogP contribution in [0.3, 0.4) is 0 Å². The van der Waals surface area contributed by atoms with E-state index in [1.54, 1.807) is 31.4 Å². The van der Waals surface area contributed by atoms with Gasteiger partial charge in [0.15, 0.2) is 0 Å². The van der Waals surface area contributed by atoms with Crippen LogP contribution < -0.4 is 10.1 Å². The molecular weight excluding hydrogens is 228 g/mol. The van der Waals surface area contributed by atoms with Crippen molar-refractivity contribution in [2.75, 3.05) is 7.11 Å². The van der Waals surface area contributed by atoms with Gasteiger partial charge in [0.05, 0.1) is 13.2 Å². The van der Waals surface area contributed by atoms with Crippen molar-refractivity contribution in [3.05, 3.63) is 28.8 Å². The summed E-state index contributed by atoms with van der Waals surface area (Å²) in [4.78, 5) is 11.1. The summed E-state index contributed by atoms with van der Waals surface area (Å²) in [5, 5.41) is 11.5. The third-order valence-electron chi connectivity index (χ3n) is 1.96. The van der Waals surface area contributed by atoms with E-state index in [9.17, 15) is 4.79 Å². The molecule has 0 radical (unpaired) electrons. The number of carbonyl (C=O) groups excluding carboxylic acids is 1. The molecule has 1 amide bonds. The van der Waals surface area contributed by atoms with Crippen molar-refractivity contribution >= 4 is 17.5 Å². The highest BCUT2D eigenvalue weighted by atomic mass is 35.5. The normalized spacial score (nSPS) is 9.31. The lowest BCUT2D eigenvalue weighted by atomic mass is 10.2. The molecule has 0 saturated carbocycles. The zero-order valence-electron chi connectivity index (χ0n) is 8.79. The highest BCUT2D eigenvalue weighted by molar-refractivity contribution is 6.30. The molecular formula is C11H11ClN2O2. The molecule has 0 aliphatic heterocycles. The maximum Gasteiger partial charge on any atom is 0.234 e. The van der Waals surface area contributed by atoms with E-state index in [0.29, 0.717) is 17.3 Å². The Hall–Kier alpha value is -1.73. The van der Waals surface area contributed by atoms with Crippen LogP contribution in [0, 0.1) is 11.3 Å². The molecule has 0 aliphatic carbocycles. The number of nitrogens with zero attached hydrogens (tertiary/aromatic N) is 1. The SMILES string of the molecule is COc1ccc(Cl)cc1CNC(=O)CC#N. The number of amides is 1. The Kier molecular flexibility index (Phi) is 4.62. The molecule has 16 heavy (non-hydrogen) atoms. The van der Waals surface area contributed by atoms with E-state index in [0.717, 1.165) is 5.56 Å². The van der Waals surface area contributed by atoms with Crippen LogP contribution in [0.4, 0.5) is 0 Å². The number of methoxy groups -OCH3 is 1. The number of nitrogens with one attached hydrogen (secondary N) is 1.